The first-order valence-electron chi connectivity index (χ1n) is 4.48. The van der Waals surface area contributed by atoms with Crippen molar-refractivity contribution in [3.05, 3.63) is 17.3 Å². The molecule has 0 aliphatic heterocycles. The molecule has 0 saturated heterocycles. The molecule has 5 nitrogen and oxygen atoms in total. The summed E-state index contributed by atoms with van der Waals surface area (Å²) >= 11 is 5.48. The van der Waals surface area contributed by atoms with E-state index in [1.54, 1.807) is 0 Å². The van der Waals surface area contributed by atoms with E-state index in [9.17, 15) is 12.8 Å². The molecule has 0 fully saturated rings. The molecule has 8 heteroatoms. The fourth-order valence-corrected chi connectivity index (χ4v) is 1.81. The van der Waals surface area contributed by atoms with Gasteiger partial charge >= 0.3 is 0 Å². The van der Waals surface area contributed by atoms with Crippen molar-refractivity contribution in [2.45, 2.75) is 6.42 Å². The Labute approximate surface area is 98.0 Å². The number of anilines is 1. The van der Waals surface area contributed by atoms with Crippen LogP contribution in [-0.4, -0.2) is 36.9 Å². The molecule has 0 unspecified atom stereocenters. The van der Waals surface area contributed by atoms with E-state index in [2.05, 4.69) is 15.3 Å². The maximum Gasteiger partial charge on any atom is 0.224 e. The summed E-state index contributed by atoms with van der Waals surface area (Å²) in [7, 11) is -2.99. The van der Waals surface area contributed by atoms with Crippen molar-refractivity contribution in [2.75, 3.05) is 23.9 Å². The highest BCUT2D eigenvalue weighted by molar-refractivity contribution is 7.90. The van der Waals surface area contributed by atoms with Crippen LogP contribution in [0.25, 0.3) is 0 Å². The second-order valence-corrected chi connectivity index (χ2v) is 5.84. The van der Waals surface area contributed by atoms with Gasteiger partial charge in [-0.15, -0.1) is 0 Å². The quantitative estimate of drug-likeness (QED) is 0.639. The third-order valence-electron chi connectivity index (χ3n) is 1.70. The lowest BCUT2D eigenvalue weighted by Gasteiger charge is -2.05. The van der Waals surface area contributed by atoms with E-state index in [0.717, 1.165) is 12.5 Å². The number of nitrogens with one attached hydrogen (secondary N) is 1. The van der Waals surface area contributed by atoms with E-state index in [1.165, 1.54) is 0 Å². The van der Waals surface area contributed by atoms with Crippen LogP contribution in [0.15, 0.2) is 6.20 Å². The smallest absolute Gasteiger partial charge is 0.224 e. The molecule has 0 atom stereocenters. The van der Waals surface area contributed by atoms with Crippen LogP contribution in [0, 0.1) is 5.82 Å². The standard InChI is InChI=1S/C8H11ClFN3O2S/c1-16(14,15)4-2-3-11-7-6(10)5-12-8(9)13-7/h5H,2-4H2,1H3,(H,11,12,13). The summed E-state index contributed by atoms with van der Waals surface area (Å²) in [5.74, 6) is -0.599. The highest BCUT2D eigenvalue weighted by Gasteiger charge is 2.06. The van der Waals surface area contributed by atoms with Gasteiger partial charge in [0.25, 0.3) is 0 Å². The van der Waals surface area contributed by atoms with Gasteiger partial charge in [0.15, 0.2) is 11.6 Å². The van der Waals surface area contributed by atoms with Crippen molar-refractivity contribution in [1.82, 2.24) is 9.97 Å². The Bertz CT molecular complexity index is 466. The molecule has 0 radical (unpaired) electrons. The van der Waals surface area contributed by atoms with E-state index >= 15 is 0 Å². The lowest BCUT2D eigenvalue weighted by molar-refractivity contribution is 0.599. The molecule has 1 aromatic rings. The van der Waals surface area contributed by atoms with E-state index in [1.807, 2.05) is 0 Å². The van der Waals surface area contributed by atoms with Crippen LogP contribution in [-0.2, 0) is 9.84 Å². The second-order valence-electron chi connectivity index (χ2n) is 3.25. The Hall–Kier alpha value is -0.950. The SMILES string of the molecule is CS(=O)(=O)CCCNc1nc(Cl)ncc1F. The van der Waals surface area contributed by atoms with Crippen LogP contribution in [0.5, 0.6) is 0 Å². The molecule has 0 spiro atoms. The molecule has 0 bridgehead atoms. The van der Waals surface area contributed by atoms with Crippen LogP contribution in [0.3, 0.4) is 0 Å². The minimum absolute atomic E-state index is 0.0199. The first kappa shape index (κ1) is 13.1. The minimum atomic E-state index is -2.99. The number of rotatable bonds is 5. The van der Waals surface area contributed by atoms with Crippen molar-refractivity contribution >= 4 is 27.3 Å². The average molecular weight is 268 g/mol. The van der Waals surface area contributed by atoms with Gasteiger partial charge in [0.2, 0.25) is 5.28 Å². The fourth-order valence-electron chi connectivity index (χ4n) is 1.01. The van der Waals surface area contributed by atoms with Crippen LogP contribution in [0.1, 0.15) is 6.42 Å². The minimum Gasteiger partial charge on any atom is -0.367 e. The highest BCUT2D eigenvalue weighted by Crippen LogP contribution is 2.11. The van der Waals surface area contributed by atoms with E-state index in [4.69, 9.17) is 11.6 Å². The van der Waals surface area contributed by atoms with E-state index in [0.29, 0.717) is 13.0 Å². The average Bonchev–Trinajstić information content (AvgIpc) is 2.16. The first-order valence-corrected chi connectivity index (χ1v) is 6.92. The molecule has 0 aliphatic rings. The second kappa shape index (κ2) is 5.40. The summed E-state index contributed by atoms with van der Waals surface area (Å²) in [5, 5.41) is 2.59. The summed E-state index contributed by atoms with van der Waals surface area (Å²) in [4.78, 5) is 7.08. The maximum absolute atomic E-state index is 13.1. The van der Waals surface area contributed by atoms with Gasteiger partial charge in [-0.2, -0.15) is 4.98 Å². The van der Waals surface area contributed by atoms with Gasteiger partial charge in [-0.3, -0.25) is 0 Å². The molecule has 0 aliphatic carbocycles. The normalized spacial score (nSPS) is 11.4. The zero-order valence-electron chi connectivity index (χ0n) is 8.57. The Kier molecular flexibility index (Phi) is 4.43. The predicted molar refractivity (Wildman–Crippen MR) is 59.8 cm³/mol. The number of nitrogens with zero attached hydrogens (tertiary/aromatic N) is 2. The van der Waals surface area contributed by atoms with Crippen molar-refractivity contribution < 1.29 is 12.8 Å². The number of hydrogen-bond acceptors (Lipinski definition) is 5. The molecule has 1 N–H and O–H groups in total. The summed E-state index contributed by atoms with van der Waals surface area (Å²) in [6, 6.07) is 0. The summed E-state index contributed by atoms with van der Waals surface area (Å²) in [6.07, 6.45) is 2.48. The van der Waals surface area contributed by atoms with Crippen LogP contribution in [0.4, 0.5) is 10.2 Å². The summed E-state index contributed by atoms with van der Waals surface area (Å²) in [5.41, 5.74) is 0. The monoisotopic (exact) mass is 267 g/mol. The van der Waals surface area contributed by atoms with Gasteiger partial charge < -0.3 is 5.32 Å². The third-order valence-corrected chi connectivity index (χ3v) is 2.91. The molecule has 16 heavy (non-hydrogen) atoms. The first-order chi connectivity index (χ1) is 7.38. The lowest BCUT2D eigenvalue weighted by Crippen LogP contribution is -2.11. The van der Waals surface area contributed by atoms with Crippen molar-refractivity contribution in [3.63, 3.8) is 0 Å². The molecule has 1 rings (SSSR count). The van der Waals surface area contributed by atoms with E-state index in [-0.39, 0.29) is 16.9 Å². The van der Waals surface area contributed by atoms with Crippen molar-refractivity contribution in [2.24, 2.45) is 0 Å². The molecular weight excluding hydrogens is 257 g/mol. The third kappa shape index (κ3) is 4.71. The van der Waals surface area contributed by atoms with Crippen LogP contribution in [0.2, 0.25) is 5.28 Å². The van der Waals surface area contributed by atoms with Crippen LogP contribution >= 0.6 is 11.6 Å². The summed E-state index contributed by atoms with van der Waals surface area (Å²) in [6.45, 7) is 0.303. The van der Waals surface area contributed by atoms with Crippen molar-refractivity contribution in [3.8, 4) is 0 Å². The molecule has 90 valence electrons. The Balaban J connectivity index is 2.46. The van der Waals surface area contributed by atoms with Gasteiger partial charge in [-0.1, -0.05) is 0 Å². The zero-order valence-corrected chi connectivity index (χ0v) is 10.1. The maximum atomic E-state index is 13.1. The number of hydrogen-bond donors (Lipinski definition) is 1. The van der Waals surface area contributed by atoms with Gasteiger partial charge in [-0.25, -0.2) is 17.8 Å². The predicted octanol–water partition coefficient (Wildman–Crippen LogP) is 1.12. The largest absolute Gasteiger partial charge is 0.367 e. The molecule has 0 amide bonds. The molecular formula is C8H11ClFN3O2S. The van der Waals surface area contributed by atoms with Crippen LogP contribution < -0.4 is 5.32 Å². The topological polar surface area (TPSA) is 72.0 Å². The lowest BCUT2D eigenvalue weighted by atomic mass is 10.4. The Morgan fingerprint density at radius 2 is 2.25 bits per heavy atom. The van der Waals surface area contributed by atoms with E-state index < -0.39 is 15.7 Å². The van der Waals surface area contributed by atoms with Gasteiger partial charge in [0.1, 0.15) is 9.84 Å². The number of halogens is 2. The van der Waals surface area contributed by atoms with Gasteiger partial charge in [0, 0.05) is 12.8 Å². The fraction of sp³-hybridized carbons (Fsp3) is 0.500. The number of aromatic nitrogens is 2. The Morgan fingerprint density at radius 3 is 2.88 bits per heavy atom. The zero-order chi connectivity index (χ0) is 12.2. The van der Waals surface area contributed by atoms with Crippen molar-refractivity contribution in [1.29, 1.82) is 0 Å². The van der Waals surface area contributed by atoms with Gasteiger partial charge in [-0.05, 0) is 18.0 Å². The molecule has 1 heterocycles. The highest BCUT2D eigenvalue weighted by atomic mass is 35.5. The Morgan fingerprint density at radius 1 is 1.56 bits per heavy atom. The molecule has 0 aromatic carbocycles. The molecule has 1 aromatic heterocycles. The number of sulfone groups is 1. The van der Waals surface area contributed by atoms with Gasteiger partial charge in [0.05, 0.1) is 11.9 Å². The molecule has 0 saturated carbocycles. The summed E-state index contributed by atoms with van der Waals surface area (Å²) < 4.78 is 34.7.